The lowest BCUT2D eigenvalue weighted by molar-refractivity contribution is 0.0590. The van der Waals surface area contributed by atoms with Gasteiger partial charge in [-0.2, -0.15) is 15.2 Å². The minimum absolute atomic E-state index is 0. The number of rotatable bonds is 4. The van der Waals surface area contributed by atoms with Gasteiger partial charge in [0, 0.05) is 67.2 Å². The predicted molar refractivity (Wildman–Crippen MR) is 202 cm³/mol. The molecular formula is C36H36Cl4N6O3. The van der Waals surface area contributed by atoms with Gasteiger partial charge >= 0.3 is 5.97 Å². The predicted octanol–water partition coefficient (Wildman–Crippen LogP) is 11.1. The van der Waals surface area contributed by atoms with Crippen molar-refractivity contribution >= 4 is 74.2 Å². The topological polar surface area (TPSA) is 101 Å². The summed E-state index contributed by atoms with van der Waals surface area (Å²) in [6.07, 6.45) is 0. The number of esters is 1. The van der Waals surface area contributed by atoms with E-state index in [0.29, 0.717) is 43.0 Å². The highest BCUT2D eigenvalue weighted by atomic mass is 35.5. The summed E-state index contributed by atoms with van der Waals surface area (Å²) < 4.78 is 13.4. The van der Waals surface area contributed by atoms with Gasteiger partial charge in [0.15, 0.2) is 11.5 Å². The first-order valence-electron chi connectivity index (χ1n) is 13.8. The SMILES string of the molecule is C.C.C.COC(=O)c1c2cccc(-c3ccc(Cl)cc3Cl)c2nn1C.Cc1noc(-c2c3cccc(-c4ccc(Cl)cc4Cl)c3nn2C)n1. The zero-order valence-electron chi connectivity index (χ0n) is 24.8. The van der Waals surface area contributed by atoms with Gasteiger partial charge in [0.25, 0.3) is 5.89 Å². The van der Waals surface area contributed by atoms with E-state index in [1.165, 1.54) is 11.8 Å². The van der Waals surface area contributed by atoms with Crippen LogP contribution in [-0.4, -0.2) is 42.8 Å². The standard InChI is InChI=1S/C17H12Cl2N4O.C16H12Cl2N2O2.3CH4/c1-9-20-17(24-22-9)16-13-5-3-4-12(15(13)21-23(16)2)11-7-6-10(18)8-14(11)19;1-20-15(16(21)22-2)12-5-3-4-11(14(12)19-20)10-7-6-9(17)8-13(10)18;;;/h3-8H,1-2H3;3-8H,1-2H3;3*1H4. The monoisotopic (exact) mass is 740 g/mol. The largest absolute Gasteiger partial charge is 0.464 e. The van der Waals surface area contributed by atoms with Crippen molar-refractivity contribution in [1.29, 1.82) is 0 Å². The van der Waals surface area contributed by atoms with E-state index in [-0.39, 0.29) is 22.3 Å². The summed E-state index contributed by atoms with van der Waals surface area (Å²) in [6.45, 7) is 1.78. The van der Waals surface area contributed by atoms with Gasteiger partial charge in [0.1, 0.15) is 16.7 Å². The van der Waals surface area contributed by atoms with Crippen LogP contribution in [0.25, 0.3) is 55.6 Å². The molecule has 0 saturated carbocycles. The molecule has 0 N–H and O–H groups in total. The quantitative estimate of drug-likeness (QED) is 0.165. The van der Waals surface area contributed by atoms with Gasteiger partial charge in [-0.1, -0.05) is 122 Å². The number of aryl methyl sites for hydroxylation is 3. The van der Waals surface area contributed by atoms with Crippen LogP contribution in [0.4, 0.5) is 0 Å². The second kappa shape index (κ2) is 15.9. The van der Waals surface area contributed by atoms with E-state index in [0.717, 1.165) is 44.2 Å². The number of ether oxygens (including phenoxy) is 1. The maximum absolute atomic E-state index is 11.9. The molecule has 0 aliphatic rings. The van der Waals surface area contributed by atoms with Gasteiger partial charge in [0.2, 0.25) is 0 Å². The molecule has 0 saturated heterocycles. The molecule has 0 aliphatic carbocycles. The van der Waals surface area contributed by atoms with Crippen molar-refractivity contribution in [2.75, 3.05) is 7.11 Å². The van der Waals surface area contributed by atoms with E-state index >= 15 is 0 Å². The first kappa shape index (κ1) is 39.0. The summed E-state index contributed by atoms with van der Waals surface area (Å²) in [5.74, 6) is 0.595. The molecule has 3 heterocycles. The lowest BCUT2D eigenvalue weighted by Crippen LogP contribution is -2.08. The average molecular weight is 743 g/mol. The summed E-state index contributed by atoms with van der Waals surface area (Å²) in [5, 5.41) is 16.9. The average Bonchev–Trinajstić information content (AvgIpc) is 3.70. The second-order valence-electron chi connectivity index (χ2n) is 10.2. The first-order chi connectivity index (χ1) is 22.1. The number of halogens is 4. The Morgan fingerprint density at radius 3 is 1.71 bits per heavy atom. The van der Waals surface area contributed by atoms with Crippen molar-refractivity contribution in [3.05, 3.63) is 104 Å². The Labute approximate surface area is 305 Å². The highest BCUT2D eigenvalue weighted by Gasteiger charge is 2.21. The van der Waals surface area contributed by atoms with Gasteiger partial charge in [-0.25, -0.2) is 4.79 Å². The number of carbonyl (C=O) groups excluding carboxylic acids is 1. The summed E-state index contributed by atoms with van der Waals surface area (Å²) >= 11 is 24.6. The van der Waals surface area contributed by atoms with E-state index in [2.05, 4.69) is 20.3 Å². The fraction of sp³-hybridized carbons (Fsp3) is 0.194. The van der Waals surface area contributed by atoms with Crippen LogP contribution < -0.4 is 0 Å². The molecule has 9 nitrogen and oxygen atoms in total. The summed E-state index contributed by atoms with van der Waals surface area (Å²) in [6, 6.07) is 22.2. The summed E-state index contributed by atoms with van der Waals surface area (Å²) in [4.78, 5) is 16.3. The Morgan fingerprint density at radius 1 is 0.714 bits per heavy atom. The minimum Gasteiger partial charge on any atom is -0.464 e. The zero-order chi connectivity index (χ0) is 32.7. The van der Waals surface area contributed by atoms with E-state index in [1.54, 1.807) is 36.9 Å². The Balaban J connectivity index is 0.000000251. The number of hydrogen-bond donors (Lipinski definition) is 0. The Morgan fingerprint density at radius 2 is 1.22 bits per heavy atom. The Hall–Kier alpha value is -4.41. The molecule has 256 valence electrons. The minimum atomic E-state index is -0.427. The van der Waals surface area contributed by atoms with Crippen LogP contribution in [0.15, 0.2) is 77.3 Å². The van der Waals surface area contributed by atoms with Crippen molar-refractivity contribution in [3.8, 4) is 33.8 Å². The fourth-order valence-electron chi connectivity index (χ4n) is 5.27. The lowest BCUT2D eigenvalue weighted by atomic mass is 10.0. The highest BCUT2D eigenvalue weighted by molar-refractivity contribution is 6.37. The normalized spacial score (nSPS) is 10.4. The van der Waals surface area contributed by atoms with Gasteiger partial charge in [-0.15, -0.1) is 0 Å². The van der Waals surface area contributed by atoms with E-state index in [9.17, 15) is 4.79 Å². The van der Waals surface area contributed by atoms with Crippen molar-refractivity contribution in [2.45, 2.75) is 29.2 Å². The number of nitrogens with zero attached hydrogens (tertiary/aromatic N) is 6. The maximum atomic E-state index is 11.9. The molecule has 0 unspecified atom stereocenters. The highest BCUT2D eigenvalue weighted by Crippen LogP contribution is 2.38. The molecule has 4 aromatic carbocycles. The van der Waals surface area contributed by atoms with E-state index in [1.807, 2.05) is 61.6 Å². The molecule has 0 radical (unpaired) electrons. The van der Waals surface area contributed by atoms with E-state index < -0.39 is 5.97 Å². The summed E-state index contributed by atoms with van der Waals surface area (Å²) in [7, 11) is 4.91. The molecular weight excluding hydrogens is 706 g/mol. The molecule has 7 aromatic rings. The van der Waals surface area contributed by atoms with Gasteiger partial charge in [-0.05, 0) is 31.2 Å². The summed E-state index contributed by atoms with van der Waals surface area (Å²) in [5.41, 5.74) is 6.13. The molecule has 0 fully saturated rings. The van der Waals surface area contributed by atoms with Gasteiger partial charge in [0.05, 0.1) is 7.11 Å². The third kappa shape index (κ3) is 7.45. The number of methoxy groups -OCH3 is 1. The van der Waals surface area contributed by atoms with Gasteiger partial charge < -0.3 is 9.26 Å². The number of hydrogen-bond acceptors (Lipinski definition) is 7. The van der Waals surface area contributed by atoms with Crippen LogP contribution >= 0.6 is 46.4 Å². The molecule has 0 atom stereocenters. The molecule has 13 heteroatoms. The Kier molecular flexibility index (Phi) is 12.6. The third-order valence-electron chi connectivity index (χ3n) is 7.28. The Bertz CT molecular complexity index is 2280. The van der Waals surface area contributed by atoms with E-state index in [4.69, 9.17) is 55.7 Å². The number of benzene rings is 4. The van der Waals surface area contributed by atoms with Gasteiger partial charge in [-0.3, -0.25) is 9.36 Å². The number of aromatic nitrogens is 6. The second-order valence-corrected chi connectivity index (χ2v) is 11.9. The fourth-order valence-corrected chi connectivity index (χ4v) is 6.29. The lowest BCUT2D eigenvalue weighted by Gasteiger charge is -2.06. The van der Waals surface area contributed by atoms with Crippen molar-refractivity contribution in [3.63, 3.8) is 0 Å². The molecule has 7 rings (SSSR count). The first-order valence-corrected chi connectivity index (χ1v) is 15.3. The van der Waals surface area contributed by atoms with Crippen molar-refractivity contribution in [1.82, 2.24) is 29.7 Å². The van der Waals surface area contributed by atoms with Crippen LogP contribution in [0.1, 0.15) is 38.6 Å². The third-order valence-corrected chi connectivity index (χ3v) is 8.38. The van der Waals surface area contributed by atoms with Crippen LogP contribution in [0, 0.1) is 6.92 Å². The maximum Gasteiger partial charge on any atom is 0.356 e. The molecule has 0 spiro atoms. The van der Waals surface area contributed by atoms with Crippen molar-refractivity contribution < 1.29 is 14.1 Å². The van der Waals surface area contributed by atoms with Crippen LogP contribution in [0.3, 0.4) is 0 Å². The van der Waals surface area contributed by atoms with Crippen molar-refractivity contribution in [2.24, 2.45) is 14.1 Å². The molecule has 0 amide bonds. The van der Waals surface area contributed by atoms with Crippen LogP contribution in [-0.2, 0) is 18.8 Å². The molecule has 0 bridgehead atoms. The van der Waals surface area contributed by atoms with Crippen LogP contribution in [0.2, 0.25) is 20.1 Å². The smallest absolute Gasteiger partial charge is 0.356 e. The van der Waals surface area contributed by atoms with Crippen LogP contribution in [0.5, 0.6) is 0 Å². The molecule has 3 aromatic heterocycles. The molecule has 49 heavy (non-hydrogen) atoms. The number of carbonyl (C=O) groups is 1. The zero-order valence-corrected chi connectivity index (χ0v) is 27.9. The number of fused-ring (bicyclic) bond motifs is 2. The molecule has 0 aliphatic heterocycles.